The van der Waals surface area contributed by atoms with Gasteiger partial charge in [-0.2, -0.15) is 0 Å². The number of aromatic nitrogens is 1. The Labute approximate surface area is 113 Å². The maximum atomic E-state index is 11.8. The molecule has 0 aliphatic carbocycles. The number of rotatable bonds is 3. The fraction of sp³-hybridized carbons (Fsp3) is 0.312. The van der Waals surface area contributed by atoms with Crippen LogP contribution in [0.5, 0.6) is 5.75 Å². The zero-order valence-electron chi connectivity index (χ0n) is 11.6. The summed E-state index contributed by atoms with van der Waals surface area (Å²) in [5, 5.41) is 10.0. The average molecular weight is 257 g/mol. The van der Waals surface area contributed by atoms with Gasteiger partial charge in [-0.3, -0.25) is 4.79 Å². The Morgan fingerprint density at radius 3 is 2.37 bits per heavy atom. The lowest BCUT2D eigenvalue weighted by Gasteiger charge is -2.10. The molecule has 0 bridgehead atoms. The van der Waals surface area contributed by atoms with Gasteiger partial charge in [0.15, 0.2) is 0 Å². The van der Waals surface area contributed by atoms with Gasteiger partial charge in [-0.25, -0.2) is 0 Å². The summed E-state index contributed by atoms with van der Waals surface area (Å²) in [4.78, 5) is 11.8. The molecule has 1 aromatic heterocycles. The lowest BCUT2D eigenvalue weighted by atomic mass is 9.98. The van der Waals surface area contributed by atoms with Crippen LogP contribution < -0.4 is 5.56 Å². The van der Waals surface area contributed by atoms with Crippen LogP contribution in [0.3, 0.4) is 0 Å². The highest BCUT2D eigenvalue weighted by Gasteiger charge is 2.08. The second-order valence-electron chi connectivity index (χ2n) is 4.97. The molecule has 0 radical (unpaired) electrons. The van der Waals surface area contributed by atoms with Crippen molar-refractivity contribution in [2.45, 2.75) is 33.2 Å². The van der Waals surface area contributed by atoms with Gasteiger partial charge in [-0.15, -0.1) is 0 Å². The number of hydrogen-bond donors (Lipinski definition) is 1. The van der Waals surface area contributed by atoms with Crippen molar-refractivity contribution in [2.75, 3.05) is 0 Å². The predicted octanol–water partition coefficient (Wildman–Crippen LogP) is 3.36. The summed E-state index contributed by atoms with van der Waals surface area (Å²) in [6.45, 7) is 6.68. The third-order valence-electron chi connectivity index (χ3n) is 3.32. The minimum Gasteiger partial charge on any atom is -0.508 e. The quantitative estimate of drug-likeness (QED) is 0.916. The van der Waals surface area contributed by atoms with Gasteiger partial charge in [0.1, 0.15) is 5.75 Å². The summed E-state index contributed by atoms with van der Waals surface area (Å²) in [6, 6.07) is 9.09. The molecular formula is C16H19NO2. The molecule has 19 heavy (non-hydrogen) atoms. The van der Waals surface area contributed by atoms with Crippen molar-refractivity contribution >= 4 is 0 Å². The first-order valence-electron chi connectivity index (χ1n) is 6.56. The number of phenolic OH excluding ortho intramolecular Hbond substituents is 1. The van der Waals surface area contributed by atoms with Crippen LogP contribution in [0.25, 0.3) is 11.1 Å². The zero-order valence-corrected chi connectivity index (χ0v) is 11.6. The lowest BCUT2D eigenvalue weighted by molar-refractivity contribution is 0.465. The molecule has 0 saturated heterocycles. The van der Waals surface area contributed by atoms with E-state index < -0.39 is 0 Å². The first-order chi connectivity index (χ1) is 9.02. The van der Waals surface area contributed by atoms with Gasteiger partial charge >= 0.3 is 0 Å². The first kappa shape index (κ1) is 13.4. The second-order valence-corrected chi connectivity index (χ2v) is 4.97. The van der Waals surface area contributed by atoms with E-state index in [1.54, 1.807) is 22.9 Å². The van der Waals surface area contributed by atoms with Gasteiger partial charge in [0.05, 0.1) is 0 Å². The normalized spacial score (nSPS) is 10.9. The SMILES string of the molecule is CCn1ccc(-c2ccc(C(C)C)c(O)c2)cc1=O. The Balaban J connectivity index is 2.45. The third kappa shape index (κ3) is 2.70. The van der Waals surface area contributed by atoms with Crippen LogP contribution in [0.1, 0.15) is 32.3 Å². The van der Waals surface area contributed by atoms with Crippen LogP contribution in [0, 0.1) is 0 Å². The Kier molecular flexibility index (Phi) is 3.74. The number of aryl methyl sites for hydroxylation is 1. The lowest BCUT2D eigenvalue weighted by Crippen LogP contribution is -2.16. The minimum absolute atomic E-state index is 0.0209. The summed E-state index contributed by atoms with van der Waals surface area (Å²) in [5.74, 6) is 0.564. The third-order valence-corrected chi connectivity index (χ3v) is 3.32. The number of phenols is 1. The van der Waals surface area contributed by atoms with Crippen molar-refractivity contribution in [3.63, 3.8) is 0 Å². The van der Waals surface area contributed by atoms with Crippen molar-refractivity contribution in [3.8, 4) is 16.9 Å². The average Bonchev–Trinajstić information content (AvgIpc) is 2.38. The molecule has 0 atom stereocenters. The van der Waals surface area contributed by atoms with E-state index in [4.69, 9.17) is 0 Å². The zero-order chi connectivity index (χ0) is 14.0. The van der Waals surface area contributed by atoms with E-state index in [0.29, 0.717) is 6.54 Å². The van der Waals surface area contributed by atoms with E-state index >= 15 is 0 Å². The highest BCUT2D eigenvalue weighted by molar-refractivity contribution is 5.65. The Morgan fingerprint density at radius 1 is 1.16 bits per heavy atom. The molecule has 3 heteroatoms. The fourth-order valence-corrected chi connectivity index (χ4v) is 2.16. The van der Waals surface area contributed by atoms with Crippen LogP contribution in [0.4, 0.5) is 0 Å². The molecule has 1 aromatic carbocycles. The standard InChI is InChI=1S/C16H19NO2/c1-4-17-8-7-13(10-16(17)19)12-5-6-14(11(2)3)15(18)9-12/h5-11,18H,4H2,1-3H3. The number of benzene rings is 1. The topological polar surface area (TPSA) is 42.2 Å². The summed E-state index contributed by atoms with van der Waals surface area (Å²) < 4.78 is 1.64. The van der Waals surface area contributed by atoms with Crippen molar-refractivity contribution < 1.29 is 5.11 Å². The van der Waals surface area contributed by atoms with Crippen LogP contribution in [-0.2, 0) is 6.54 Å². The number of hydrogen-bond acceptors (Lipinski definition) is 2. The first-order valence-corrected chi connectivity index (χ1v) is 6.56. The molecule has 0 saturated carbocycles. The van der Waals surface area contributed by atoms with E-state index in [1.807, 2.05) is 39.0 Å². The Morgan fingerprint density at radius 2 is 1.84 bits per heavy atom. The molecule has 0 aliphatic rings. The smallest absolute Gasteiger partial charge is 0.251 e. The van der Waals surface area contributed by atoms with Crippen molar-refractivity contribution in [2.24, 2.45) is 0 Å². The summed E-state index contributed by atoms with van der Waals surface area (Å²) in [6.07, 6.45) is 1.78. The van der Waals surface area contributed by atoms with E-state index in [-0.39, 0.29) is 17.2 Å². The monoisotopic (exact) mass is 257 g/mol. The van der Waals surface area contributed by atoms with Crippen LogP contribution in [0.2, 0.25) is 0 Å². The molecule has 3 nitrogen and oxygen atoms in total. The highest BCUT2D eigenvalue weighted by atomic mass is 16.3. The molecular weight excluding hydrogens is 238 g/mol. The number of aromatic hydroxyl groups is 1. The molecule has 1 N–H and O–H groups in total. The molecule has 0 spiro atoms. The second kappa shape index (κ2) is 5.31. The van der Waals surface area contributed by atoms with Crippen molar-refractivity contribution in [1.29, 1.82) is 0 Å². The van der Waals surface area contributed by atoms with E-state index in [1.165, 1.54) is 0 Å². The molecule has 0 amide bonds. The van der Waals surface area contributed by atoms with Gasteiger partial charge in [0.25, 0.3) is 5.56 Å². The maximum absolute atomic E-state index is 11.8. The molecule has 0 fully saturated rings. The van der Waals surface area contributed by atoms with Gasteiger partial charge in [-0.1, -0.05) is 26.0 Å². The molecule has 100 valence electrons. The minimum atomic E-state index is -0.0209. The molecule has 1 heterocycles. The van der Waals surface area contributed by atoms with Crippen LogP contribution >= 0.6 is 0 Å². The Hall–Kier alpha value is -2.03. The number of nitrogens with zero attached hydrogens (tertiary/aromatic N) is 1. The van der Waals surface area contributed by atoms with E-state index in [9.17, 15) is 9.90 Å². The molecule has 2 rings (SSSR count). The van der Waals surface area contributed by atoms with Gasteiger partial charge in [-0.05, 0) is 41.7 Å². The van der Waals surface area contributed by atoms with Crippen molar-refractivity contribution in [3.05, 3.63) is 52.4 Å². The maximum Gasteiger partial charge on any atom is 0.251 e. The van der Waals surface area contributed by atoms with E-state index in [2.05, 4.69) is 0 Å². The summed E-state index contributed by atoms with van der Waals surface area (Å²) in [5.41, 5.74) is 2.60. The van der Waals surface area contributed by atoms with E-state index in [0.717, 1.165) is 16.7 Å². The summed E-state index contributed by atoms with van der Waals surface area (Å²) in [7, 11) is 0. The largest absolute Gasteiger partial charge is 0.508 e. The van der Waals surface area contributed by atoms with Gasteiger partial charge < -0.3 is 9.67 Å². The molecule has 0 unspecified atom stereocenters. The highest BCUT2D eigenvalue weighted by Crippen LogP contribution is 2.30. The van der Waals surface area contributed by atoms with Crippen molar-refractivity contribution in [1.82, 2.24) is 4.57 Å². The molecule has 2 aromatic rings. The number of pyridine rings is 1. The Bertz CT molecular complexity index is 641. The molecule has 0 aliphatic heterocycles. The summed E-state index contributed by atoms with van der Waals surface area (Å²) >= 11 is 0. The van der Waals surface area contributed by atoms with Crippen LogP contribution in [-0.4, -0.2) is 9.67 Å². The van der Waals surface area contributed by atoms with Gasteiger partial charge in [0.2, 0.25) is 0 Å². The fourth-order valence-electron chi connectivity index (χ4n) is 2.16. The van der Waals surface area contributed by atoms with Gasteiger partial charge in [0, 0.05) is 18.8 Å². The van der Waals surface area contributed by atoms with Crippen LogP contribution in [0.15, 0.2) is 41.3 Å². The predicted molar refractivity (Wildman–Crippen MR) is 77.6 cm³/mol.